The molecule has 0 saturated heterocycles. The van der Waals surface area contributed by atoms with E-state index in [9.17, 15) is 14.3 Å². The van der Waals surface area contributed by atoms with Crippen molar-refractivity contribution in [3.8, 4) is 11.5 Å². The van der Waals surface area contributed by atoms with Crippen LogP contribution < -0.4 is 9.62 Å². The third-order valence-electron chi connectivity index (χ3n) is 5.60. The molecule has 0 aliphatic rings. The first kappa shape index (κ1) is 27.1. The van der Waals surface area contributed by atoms with E-state index >= 15 is 0 Å². The van der Waals surface area contributed by atoms with Crippen molar-refractivity contribution in [3.05, 3.63) is 58.1 Å². The third-order valence-corrected chi connectivity index (χ3v) is 7.55. The first-order valence-corrected chi connectivity index (χ1v) is 12.8. The minimum atomic E-state index is -3.92. The summed E-state index contributed by atoms with van der Waals surface area (Å²) in [5, 5.41) is 0. The normalized spacial score (nSPS) is 13.3. The predicted octanol–water partition coefficient (Wildman–Crippen LogP) is 6.32. The van der Waals surface area contributed by atoms with E-state index in [1.54, 1.807) is 45.2 Å². The number of ketones is 1. The van der Waals surface area contributed by atoms with Crippen LogP contribution in [0.5, 0.6) is 11.5 Å². The van der Waals surface area contributed by atoms with E-state index in [0.29, 0.717) is 40.8 Å². The lowest BCUT2D eigenvalue weighted by molar-refractivity contribution is -0.111. The summed E-state index contributed by atoms with van der Waals surface area (Å²) >= 11 is 0. The molecule has 0 saturated carbocycles. The Labute approximate surface area is 196 Å². The van der Waals surface area contributed by atoms with Gasteiger partial charge in [0.2, 0.25) is 0 Å². The Balaban J connectivity index is 2.30. The highest BCUT2D eigenvalue weighted by Gasteiger charge is 2.32. The molecule has 0 aromatic heterocycles. The van der Waals surface area contributed by atoms with Gasteiger partial charge in [0.1, 0.15) is 5.75 Å². The lowest BCUT2D eigenvalue weighted by Crippen LogP contribution is -2.11. The molecule has 0 spiro atoms. The van der Waals surface area contributed by atoms with Gasteiger partial charge in [-0.05, 0) is 79.6 Å². The second kappa shape index (κ2) is 11.8. The molecule has 0 heterocycles. The van der Waals surface area contributed by atoms with Crippen molar-refractivity contribution in [1.82, 2.24) is 0 Å². The zero-order valence-electron chi connectivity index (χ0n) is 20.5. The van der Waals surface area contributed by atoms with Gasteiger partial charge in [-0.2, -0.15) is 0 Å². The van der Waals surface area contributed by atoms with E-state index in [4.69, 9.17) is 19.0 Å². The molecule has 182 valence electrons. The van der Waals surface area contributed by atoms with Gasteiger partial charge in [0.15, 0.2) is 18.3 Å². The van der Waals surface area contributed by atoms with Crippen molar-refractivity contribution in [2.45, 2.75) is 66.0 Å². The smallest absolute Gasteiger partial charge is 0.369 e. The Morgan fingerprint density at radius 1 is 1.06 bits per heavy atom. The van der Waals surface area contributed by atoms with Crippen LogP contribution in [0.4, 0.5) is 0 Å². The monoisotopic (exact) mass is 478 g/mol. The summed E-state index contributed by atoms with van der Waals surface area (Å²) in [7, 11) is -2.36. The first-order valence-electron chi connectivity index (χ1n) is 11.2. The van der Waals surface area contributed by atoms with E-state index in [1.165, 1.54) is 0 Å². The van der Waals surface area contributed by atoms with Crippen LogP contribution in [-0.2, 0) is 14.0 Å². The van der Waals surface area contributed by atoms with Crippen LogP contribution in [0.1, 0.15) is 79.1 Å². The summed E-state index contributed by atoms with van der Waals surface area (Å²) in [6.07, 6.45) is 1.01. The Hall–Kier alpha value is -2.18. The summed E-state index contributed by atoms with van der Waals surface area (Å²) in [4.78, 5) is 28.7. The lowest BCUT2D eigenvalue weighted by atomic mass is 9.92. The number of rotatable bonds is 12. The van der Waals surface area contributed by atoms with Crippen LogP contribution in [0.25, 0.3) is 0 Å². The van der Waals surface area contributed by atoms with Gasteiger partial charge in [0.05, 0.1) is 5.66 Å². The van der Waals surface area contributed by atoms with Crippen LogP contribution in [0, 0.1) is 13.8 Å². The topological polar surface area (TPSA) is 91.3 Å². The van der Waals surface area contributed by atoms with Crippen LogP contribution in [0.15, 0.2) is 30.3 Å². The molecule has 2 aromatic carbocycles. The molecule has 1 unspecified atom stereocenters. The third kappa shape index (κ3) is 6.67. The minimum absolute atomic E-state index is 0.123. The van der Waals surface area contributed by atoms with E-state index < -0.39 is 13.3 Å². The molecule has 0 aliphatic heterocycles. The molecule has 8 heteroatoms. The van der Waals surface area contributed by atoms with Crippen LogP contribution >= 0.6 is 7.60 Å². The Morgan fingerprint density at radius 2 is 1.67 bits per heavy atom. The number of ether oxygens (including phenoxy) is 2. The summed E-state index contributed by atoms with van der Waals surface area (Å²) in [6, 6.07) is 8.64. The van der Waals surface area contributed by atoms with Crippen LogP contribution in [0.3, 0.4) is 0 Å². The molecule has 0 aliphatic carbocycles. The van der Waals surface area contributed by atoms with Gasteiger partial charge in [0, 0.05) is 18.2 Å². The molecule has 7 nitrogen and oxygen atoms in total. The zero-order chi connectivity index (χ0) is 24.8. The molecule has 0 bridgehead atoms. The standard InChI is InChI=1S/C25H35O7P/c1-8-21(9-2)33(27,28)32-31-20-12-17(5)24(18(6)13-20)25(26)19-10-11-23(30-15-29-7)22(14-19)16(3)4/h10-14,16,21H,8-9,15H2,1-7H3,(H,27,28). The number of carbonyl (C=O) groups excluding carboxylic acids is 1. The maximum Gasteiger partial charge on any atom is 0.369 e. The van der Waals surface area contributed by atoms with Crippen LogP contribution in [-0.4, -0.2) is 30.2 Å². The average molecular weight is 479 g/mol. The Morgan fingerprint density at radius 3 is 2.18 bits per heavy atom. The largest absolute Gasteiger partial charge is 0.467 e. The number of carbonyl (C=O) groups is 1. The molecule has 1 atom stereocenters. The number of benzene rings is 2. The van der Waals surface area contributed by atoms with Gasteiger partial charge in [-0.25, -0.2) is 0 Å². The second-order valence-corrected chi connectivity index (χ2v) is 10.4. The summed E-state index contributed by atoms with van der Waals surface area (Å²) in [6.45, 7) is 11.5. The minimum Gasteiger partial charge on any atom is -0.467 e. The van der Waals surface area contributed by atoms with Crippen molar-refractivity contribution in [2.75, 3.05) is 13.9 Å². The summed E-state index contributed by atoms with van der Waals surface area (Å²) in [5.74, 6) is 0.989. The van der Waals surface area contributed by atoms with Gasteiger partial charge < -0.3 is 19.3 Å². The van der Waals surface area contributed by atoms with Crippen LogP contribution in [0.2, 0.25) is 0 Å². The molecule has 1 N–H and O–H groups in total. The Kier molecular flexibility index (Phi) is 9.68. The molecule has 0 fully saturated rings. The SMILES string of the molecule is CCC(CC)P(=O)(O)OOc1cc(C)c(C(=O)c2ccc(OCOC)c(C(C)C)c2)c(C)c1. The zero-order valence-corrected chi connectivity index (χ0v) is 21.4. The number of hydrogen-bond acceptors (Lipinski definition) is 6. The van der Waals surface area contributed by atoms with Gasteiger partial charge in [-0.15, -0.1) is 0 Å². The van der Waals surface area contributed by atoms with Gasteiger partial charge in [-0.3, -0.25) is 9.36 Å². The van der Waals surface area contributed by atoms with Crippen molar-refractivity contribution < 1.29 is 33.3 Å². The van der Waals surface area contributed by atoms with E-state index in [-0.39, 0.29) is 24.2 Å². The van der Waals surface area contributed by atoms with E-state index in [2.05, 4.69) is 0 Å². The number of hydrogen-bond donors (Lipinski definition) is 1. The Bertz CT molecular complexity index is 989. The van der Waals surface area contributed by atoms with Gasteiger partial charge in [-0.1, -0.05) is 32.4 Å². The van der Waals surface area contributed by atoms with Crippen molar-refractivity contribution >= 4 is 13.4 Å². The molecule has 2 aromatic rings. The fraction of sp³-hybridized carbons (Fsp3) is 0.480. The first-order chi connectivity index (χ1) is 15.5. The second-order valence-electron chi connectivity index (χ2n) is 8.41. The molecular weight excluding hydrogens is 443 g/mol. The molecular formula is C25H35O7P. The lowest BCUT2D eigenvalue weighted by Gasteiger charge is -2.19. The molecule has 0 amide bonds. The highest BCUT2D eigenvalue weighted by molar-refractivity contribution is 7.53. The highest BCUT2D eigenvalue weighted by atomic mass is 31.2. The highest BCUT2D eigenvalue weighted by Crippen LogP contribution is 2.50. The average Bonchev–Trinajstić information content (AvgIpc) is 2.76. The quantitative estimate of drug-likeness (QED) is 0.125. The van der Waals surface area contributed by atoms with Crippen molar-refractivity contribution in [1.29, 1.82) is 0 Å². The van der Waals surface area contributed by atoms with E-state index in [1.807, 2.05) is 33.8 Å². The van der Waals surface area contributed by atoms with Gasteiger partial charge in [0.25, 0.3) is 0 Å². The molecule has 33 heavy (non-hydrogen) atoms. The predicted molar refractivity (Wildman–Crippen MR) is 128 cm³/mol. The summed E-state index contributed by atoms with van der Waals surface area (Å²) in [5.41, 5.74) is 2.88. The van der Waals surface area contributed by atoms with E-state index in [0.717, 1.165) is 5.56 Å². The fourth-order valence-corrected chi connectivity index (χ4v) is 5.01. The maximum atomic E-state index is 13.4. The maximum absolute atomic E-state index is 13.4. The molecule has 2 rings (SSSR count). The number of aryl methyl sites for hydroxylation is 2. The fourth-order valence-electron chi connectivity index (χ4n) is 3.78. The van der Waals surface area contributed by atoms with Crippen molar-refractivity contribution in [2.24, 2.45) is 0 Å². The summed E-state index contributed by atoms with van der Waals surface area (Å²) < 4.78 is 28.0. The van der Waals surface area contributed by atoms with Crippen molar-refractivity contribution in [3.63, 3.8) is 0 Å². The molecule has 0 radical (unpaired) electrons. The number of methoxy groups -OCH3 is 1. The van der Waals surface area contributed by atoms with Gasteiger partial charge >= 0.3 is 7.60 Å².